The van der Waals surface area contributed by atoms with Crippen LogP contribution < -0.4 is 4.72 Å². The Bertz CT molecular complexity index is 719. The molecule has 0 aliphatic rings. The molecule has 20 heavy (non-hydrogen) atoms. The molecule has 0 spiro atoms. The van der Waals surface area contributed by atoms with Crippen LogP contribution >= 0.6 is 0 Å². The van der Waals surface area contributed by atoms with Gasteiger partial charge in [-0.3, -0.25) is 5.10 Å². The zero-order valence-corrected chi connectivity index (χ0v) is 11.5. The van der Waals surface area contributed by atoms with Gasteiger partial charge in [0, 0.05) is 12.4 Å². The predicted molar refractivity (Wildman–Crippen MR) is 67.6 cm³/mol. The van der Waals surface area contributed by atoms with E-state index in [0.717, 1.165) is 0 Å². The molecule has 1 unspecified atom stereocenters. The molecule has 2 aromatic rings. The summed E-state index contributed by atoms with van der Waals surface area (Å²) in [6.45, 7) is 3.03. The first-order chi connectivity index (χ1) is 9.33. The Kier molecular flexibility index (Phi) is 3.59. The van der Waals surface area contributed by atoms with Crippen LogP contribution in [0.2, 0.25) is 0 Å². The van der Waals surface area contributed by atoms with Crippen molar-refractivity contribution in [2.45, 2.75) is 24.8 Å². The summed E-state index contributed by atoms with van der Waals surface area (Å²) in [5, 5.41) is 14.8. The summed E-state index contributed by atoms with van der Waals surface area (Å²) in [6, 6.07) is -0.633. The Labute approximate surface area is 114 Å². The summed E-state index contributed by atoms with van der Waals surface area (Å²) in [6.07, 6.45) is 3.05. The van der Waals surface area contributed by atoms with Crippen molar-refractivity contribution < 1.29 is 18.3 Å². The van der Waals surface area contributed by atoms with Crippen molar-refractivity contribution in [3.8, 4) is 0 Å². The average Bonchev–Trinajstić information content (AvgIpc) is 2.96. The SMILES string of the molecule is Cc1[nH]nc(C(=O)O)c1S(=O)(=O)NC(C)c1ncc[nH]1. The van der Waals surface area contributed by atoms with Crippen LogP contribution in [0.5, 0.6) is 0 Å². The number of rotatable bonds is 5. The second-order valence-corrected chi connectivity index (χ2v) is 5.80. The predicted octanol–water partition coefficient (Wildman–Crippen LogP) is 0.179. The quantitative estimate of drug-likeness (QED) is 0.620. The van der Waals surface area contributed by atoms with Crippen LogP contribution in [0.25, 0.3) is 0 Å². The Morgan fingerprint density at radius 2 is 2.20 bits per heavy atom. The third-order valence-electron chi connectivity index (χ3n) is 2.62. The summed E-state index contributed by atoms with van der Waals surface area (Å²) in [5.74, 6) is -0.994. The number of aromatic nitrogens is 4. The molecule has 2 heterocycles. The minimum atomic E-state index is -4.03. The fraction of sp³-hybridized carbons (Fsp3) is 0.300. The number of imidazole rings is 1. The molecule has 108 valence electrons. The topological polar surface area (TPSA) is 141 Å². The van der Waals surface area contributed by atoms with Gasteiger partial charge in [0.05, 0.1) is 11.7 Å². The molecule has 0 aliphatic carbocycles. The van der Waals surface area contributed by atoms with E-state index in [1.165, 1.54) is 13.1 Å². The maximum Gasteiger partial charge on any atom is 0.357 e. The maximum absolute atomic E-state index is 12.3. The van der Waals surface area contributed by atoms with Gasteiger partial charge in [0.1, 0.15) is 10.7 Å². The molecule has 0 fully saturated rings. The van der Waals surface area contributed by atoms with Crippen molar-refractivity contribution in [1.29, 1.82) is 0 Å². The Hall–Kier alpha value is -2.20. The highest BCUT2D eigenvalue weighted by Crippen LogP contribution is 2.20. The van der Waals surface area contributed by atoms with E-state index in [1.807, 2.05) is 0 Å². The van der Waals surface area contributed by atoms with Gasteiger partial charge in [0.2, 0.25) is 10.0 Å². The second-order valence-electron chi connectivity index (χ2n) is 4.15. The lowest BCUT2D eigenvalue weighted by Gasteiger charge is -2.12. The molecular formula is C10H13N5O4S. The molecule has 0 amide bonds. The van der Waals surface area contributed by atoms with Crippen molar-refractivity contribution in [3.63, 3.8) is 0 Å². The van der Waals surface area contributed by atoms with Crippen LogP contribution in [-0.2, 0) is 10.0 Å². The van der Waals surface area contributed by atoms with Crippen molar-refractivity contribution in [2.24, 2.45) is 0 Å². The van der Waals surface area contributed by atoms with Crippen LogP contribution in [0, 0.1) is 6.92 Å². The lowest BCUT2D eigenvalue weighted by atomic mass is 10.3. The Morgan fingerprint density at radius 3 is 2.75 bits per heavy atom. The van der Waals surface area contributed by atoms with E-state index in [-0.39, 0.29) is 10.6 Å². The number of carboxylic acid groups (broad SMARTS) is 1. The number of hydrogen-bond acceptors (Lipinski definition) is 5. The molecule has 0 saturated heterocycles. The van der Waals surface area contributed by atoms with Gasteiger partial charge in [-0.25, -0.2) is 22.9 Å². The molecule has 1 atom stereocenters. The van der Waals surface area contributed by atoms with Crippen molar-refractivity contribution in [1.82, 2.24) is 24.9 Å². The van der Waals surface area contributed by atoms with Gasteiger partial charge in [0.15, 0.2) is 5.69 Å². The van der Waals surface area contributed by atoms with Crippen LogP contribution in [0.4, 0.5) is 0 Å². The van der Waals surface area contributed by atoms with E-state index in [2.05, 4.69) is 24.9 Å². The summed E-state index contributed by atoms with van der Waals surface area (Å²) in [5.41, 5.74) is -0.386. The third-order valence-corrected chi connectivity index (χ3v) is 4.32. The molecule has 10 heteroatoms. The molecule has 0 saturated carbocycles. The van der Waals surface area contributed by atoms with Crippen LogP contribution in [0.15, 0.2) is 17.3 Å². The zero-order chi connectivity index (χ0) is 14.9. The highest BCUT2D eigenvalue weighted by molar-refractivity contribution is 7.89. The maximum atomic E-state index is 12.3. The molecule has 0 radical (unpaired) electrons. The molecular weight excluding hydrogens is 286 g/mol. The summed E-state index contributed by atoms with van der Waals surface area (Å²) in [7, 11) is -4.03. The highest BCUT2D eigenvalue weighted by atomic mass is 32.2. The van der Waals surface area contributed by atoms with Crippen LogP contribution in [0.3, 0.4) is 0 Å². The molecule has 9 nitrogen and oxygen atoms in total. The second kappa shape index (κ2) is 5.06. The van der Waals surface area contributed by atoms with E-state index in [1.54, 1.807) is 13.1 Å². The van der Waals surface area contributed by atoms with Gasteiger partial charge in [-0.1, -0.05) is 0 Å². The molecule has 4 N–H and O–H groups in total. The fourth-order valence-electron chi connectivity index (χ4n) is 1.75. The van der Waals surface area contributed by atoms with Gasteiger partial charge in [0.25, 0.3) is 0 Å². The van der Waals surface area contributed by atoms with Gasteiger partial charge >= 0.3 is 5.97 Å². The van der Waals surface area contributed by atoms with Crippen LogP contribution in [-0.4, -0.2) is 39.7 Å². The molecule has 2 aromatic heterocycles. The Morgan fingerprint density at radius 1 is 1.50 bits per heavy atom. The number of aromatic amines is 2. The zero-order valence-electron chi connectivity index (χ0n) is 10.7. The van der Waals surface area contributed by atoms with E-state index in [4.69, 9.17) is 5.11 Å². The minimum absolute atomic E-state index is 0.154. The third kappa shape index (κ3) is 2.56. The molecule has 0 bridgehead atoms. The largest absolute Gasteiger partial charge is 0.476 e. The number of H-pyrrole nitrogens is 2. The highest BCUT2D eigenvalue weighted by Gasteiger charge is 2.30. The molecule has 2 rings (SSSR count). The number of carbonyl (C=O) groups is 1. The van der Waals surface area contributed by atoms with Crippen molar-refractivity contribution in [3.05, 3.63) is 29.6 Å². The van der Waals surface area contributed by atoms with Gasteiger partial charge < -0.3 is 10.1 Å². The Balaban J connectivity index is 2.36. The van der Waals surface area contributed by atoms with Gasteiger partial charge in [-0.2, -0.15) is 5.10 Å². The average molecular weight is 299 g/mol. The van der Waals surface area contributed by atoms with Crippen molar-refractivity contribution >= 4 is 16.0 Å². The number of hydrogen-bond donors (Lipinski definition) is 4. The first kappa shape index (κ1) is 14.2. The summed E-state index contributed by atoms with van der Waals surface area (Å²) in [4.78, 5) is 17.3. The standard InChI is InChI=1S/C10H13N5O4S/c1-5-8(7(10(16)17)14-13-5)20(18,19)15-6(2)9-11-3-4-12-9/h3-4,6,15H,1-2H3,(H,11,12)(H,13,14)(H,16,17). The first-order valence-electron chi connectivity index (χ1n) is 5.63. The monoisotopic (exact) mass is 299 g/mol. The van der Waals surface area contributed by atoms with Crippen LogP contribution in [0.1, 0.15) is 35.0 Å². The summed E-state index contributed by atoms with van der Waals surface area (Å²) < 4.78 is 26.9. The summed E-state index contributed by atoms with van der Waals surface area (Å²) >= 11 is 0. The number of aryl methyl sites for hydroxylation is 1. The van der Waals surface area contributed by atoms with E-state index in [9.17, 15) is 13.2 Å². The number of nitrogens with one attached hydrogen (secondary N) is 3. The van der Waals surface area contributed by atoms with Crippen molar-refractivity contribution in [2.75, 3.05) is 0 Å². The van der Waals surface area contributed by atoms with E-state index >= 15 is 0 Å². The lowest BCUT2D eigenvalue weighted by Crippen LogP contribution is -2.29. The minimum Gasteiger partial charge on any atom is -0.476 e. The number of aromatic carboxylic acids is 1. The van der Waals surface area contributed by atoms with Gasteiger partial charge in [-0.05, 0) is 13.8 Å². The number of nitrogens with zero attached hydrogens (tertiary/aromatic N) is 2. The number of carboxylic acids is 1. The molecule has 0 aliphatic heterocycles. The number of sulfonamides is 1. The fourth-order valence-corrected chi connectivity index (χ4v) is 3.29. The van der Waals surface area contributed by atoms with Gasteiger partial charge in [-0.15, -0.1) is 0 Å². The smallest absolute Gasteiger partial charge is 0.357 e. The first-order valence-corrected chi connectivity index (χ1v) is 7.11. The molecule has 0 aromatic carbocycles. The van der Waals surface area contributed by atoms with E-state index < -0.39 is 27.7 Å². The normalized spacial score (nSPS) is 13.3. The lowest BCUT2D eigenvalue weighted by molar-refractivity contribution is 0.0686. The van der Waals surface area contributed by atoms with E-state index in [0.29, 0.717) is 5.82 Å².